The Morgan fingerprint density at radius 1 is 0.875 bits per heavy atom. The number of ether oxygens (including phenoxy) is 1. The van der Waals surface area contributed by atoms with Crippen LogP contribution in [0.5, 0.6) is 5.75 Å². The Kier molecular flexibility index (Phi) is 7.95. The number of benzene rings is 3. The number of sulfonamides is 1. The van der Waals surface area contributed by atoms with Crippen LogP contribution < -0.4 is 15.2 Å². The average molecular weight is 567 g/mol. The molecule has 40 heavy (non-hydrogen) atoms. The number of aryl methyl sites for hydroxylation is 1. The average Bonchev–Trinajstić information content (AvgIpc) is 2.92. The molecule has 1 aromatic heterocycles. The third kappa shape index (κ3) is 6.21. The van der Waals surface area contributed by atoms with Crippen LogP contribution in [0.2, 0.25) is 0 Å². The molecule has 1 aliphatic heterocycles. The van der Waals surface area contributed by atoms with Crippen molar-refractivity contribution in [1.82, 2.24) is 14.1 Å². The quantitative estimate of drug-likeness (QED) is 0.320. The van der Waals surface area contributed by atoms with E-state index in [1.807, 2.05) is 42.2 Å². The van der Waals surface area contributed by atoms with Gasteiger partial charge in [0.05, 0.1) is 17.6 Å². The first-order valence-corrected chi connectivity index (χ1v) is 14.3. The molecular weight excluding hydrogens is 538 g/mol. The molecule has 0 radical (unpaired) electrons. The molecule has 4 aromatic rings. The summed E-state index contributed by atoms with van der Waals surface area (Å²) in [6.07, 6.45) is 1.41. The Hall–Kier alpha value is -4.09. The van der Waals surface area contributed by atoms with Crippen molar-refractivity contribution in [3.05, 3.63) is 118 Å². The minimum absolute atomic E-state index is 0.0400. The van der Waals surface area contributed by atoms with Crippen LogP contribution >= 0.6 is 0 Å². The normalized spacial score (nSPS) is 14.3. The Labute approximate surface area is 231 Å². The summed E-state index contributed by atoms with van der Waals surface area (Å²) in [4.78, 5) is 15.4. The van der Waals surface area contributed by atoms with E-state index in [2.05, 4.69) is 5.10 Å². The summed E-state index contributed by atoms with van der Waals surface area (Å²) in [7, 11) is -3.54. The second kappa shape index (κ2) is 11.6. The van der Waals surface area contributed by atoms with Gasteiger partial charge < -0.3 is 9.64 Å². The Balaban J connectivity index is 1.42. The number of rotatable bonds is 8. The molecule has 0 saturated carbocycles. The SMILES string of the molecule is Cc1cccc(COc2c(N3CCN(S(=O)(=O)Cc4ccccc4)CC3)cnn(-c3cc(F)cc(F)c3)c2=O)c1. The highest BCUT2D eigenvalue weighted by Crippen LogP contribution is 2.27. The summed E-state index contributed by atoms with van der Waals surface area (Å²) in [6.45, 7) is 3.05. The summed E-state index contributed by atoms with van der Waals surface area (Å²) in [5.74, 6) is -1.83. The van der Waals surface area contributed by atoms with E-state index in [4.69, 9.17) is 4.74 Å². The molecule has 0 N–H and O–H groups in total. The van der Waals surface area contributed by atoms with E-state index in [0.29, 0.717) is 30.4 Å². The van der Waals surface area contributed by atoms with Gasteiger partial charge in [0.1, 0.15) is 23.9 Å². The monoisotopic (exact) mass is 566 g/mol. The van der Waals surface area contributed by atoms with Crippen LogP contribution in [0.15, 0.2) is 83.8 Å². The van der Waals surface area contributed by atoms with Crippen molar-refractivity contribution in [1.29, 1.82) is 0 Å². The standard InChI is InChI=1S/C29H28F2N4O4S/c1-21-6-5-9-23(14-21)19-39-28-27(18-32-35(29(28)36)26-16-24(30)15-25(31)17-26)33-10-12-34(13-11-33)40(37,38)20-22-7-3-2-4-8-22/h2-9,14-18H,10-13,19-20H2,1H3. The van der Waals surface area contributed by atoms with E-state index in [0.717, 1.165) is 27.9 Å². The third-order valence-corrected chi connectivity index (χ3v) is 8.49. The summed E-state index contributed by atoms with van der Waals surface area (Å²) in [6, 6.07) is 19.3. The molecule has 0 bridgehead atoms. The van der Waals surface area contributed by atoms with E-state index >= 15 is 0 Å². The largest absolute Gasteiger partial charge is 0.481 e. The summed E-state index contributed by atoms with van der Waals surface area (Å²) in [5, 5.41) is 4.18. The lowest BCUT2D eigenvalue weighted by atomic mass is 10.1. The maximum Gasteiger partial charge on any atom is 0.316 e. The third-order valence-electron chi connectivity index (χ3n) is 6.64. The smallest absolute Gasteiger partial charge is 0.316 e. The van der Waals surface area contributed by atoms with E-state index in [1.165, 1.54) is 10.5 Å². The lowest BCUT2D eigenvalue weighted by Gasteiger charge is -2.35. The van der Waals surface area contributed by atoms with Crippen molar-refractivity contribution in [3.8, 4) is 11.4 Å². The van der Waals surface area contributed by atoms with Crippen LogP contribution in [0.25, 0.3) is 5.69 Å². The molecule has 3 aromatic carbocycles. The van der Waals surface area contributed by atoms with Gasteiger partial charge in [-0.2, -0.15) is 14.1 Å². The van der Waals surface area contributed by atoms with Gasteiger partial charge in [0, 0.05) is 32.2 Å². The second-order valence-corrected chi connectivity index (χ2v) is 11.6. The molecule has 1 fully saturated rings. The van der Waals surface area contributed by atoms with E-state index < -0.39 is 27.2 Å². The van der Waals surface area contributed by atoms with Gasteiger partial charge in [-0.15, -0.1) is 0 Å². The summed E-state index contributed by atoms with van der Waals surface area (Å²) < 4.78 is 62.2. The predicted molar refractivity (Wildman–Crippen MR) is 148 cm³/mol. The van der Waals surface area contributed by atoms with Crippen molar-refractivity contribution < 1.29 is 21.9 Å². The fourth-order valence-electron chi connectivity index (χ4n) is 4.68. The molecule has 5 rings (SSSR count). The second-order valence-electron chi connectivity index (χ2n) is 9.61. The highest BCUT2D eigenvalue weighted by atomic mass is 32.2. The van der Waals surface area contributed by atoms with Crippen LogP contribution in [-0.4, -0.2) is 48.7 Å². The zero-order chi connectivity index (χ0) is 28.3. The zero-order valence-corrected chi connectivity index (χ0v) is 22.7. The fraction of sp³-hybridized carbons (Fsp3) is 0.241. The van der Waals surface area contributed by atoms with Gasteiger partial charge in [0.15, 0.2) is 0 Å². The molecule has 11 heteroatoms. The number of nitrogens with zero attached hydrogens (tertiary/aromatic N) is 4. The molecule has 1 saturated heterocycles. The molecular formula is C29H28F2N4O4S. The molecule has 0 amide bonds. The molecule has 0 aliphatic carbocycles. The van der Waals surface area contributed by atoms with Gasteiger partial charge in [-0.3, -0.25) is 4.79 Å². The number of halogens is 2. The Bertz CT molecular complexity index is 1650. The zero-order valence-electron chi connectivity index (χ0n) is 21.8. The summed E-state index contributed by atoms with van der Waals surface area (Å²) >= 11 is 0. The lowest BCUT2D eigenvalue weighted by molar-refractivity contribution is 0.297. The Morgan fingerprint density at radius 3 is 2.23 bits per heavy atom. The maximum absolute atomic E-state index is 13.9. The van der Waals surface area contributed by atoms with Crippen LogP contribution in [-0.2, 0) is 22.4 Å². The minimum Gasteiger partial charge on any atom is -0.481 e. The molecule has 1 aliphatic rings. The first-order chi connectivity index (χ1) is 19.2. The van der Waals surface area contributed by atoms with Gasteiger partial charge in [0.25, 0.3) is 0 Å². The number of piperazine rings is 1. The first kappa shape index (κ1) is 27.5. The number of hydrogen-bond acceptors (Lipinski definition) is 6. The maximum atomic E-state index is 13.9. The highest BCUT2D eigenvalue weighted by Gasteiger charge is 2.29. The molecule has 0 unspecified atom stereocenters. The van der Waals surface area contributed by atoms with E-state index in [-0.39, 0.29) is 36.9 Å². The van der Waals surface area contributed by atoms with Gasteiger partial charge >= 0.3 is 5.56 Å². The van der Waals surface area contributed by atoms with Crippen molar-refractivity contribution >= 4 is 15.7 Å². The summed E-state index contributed by atoms with van der Waals surface area (Å²) in [5.41, 5.74) is 2.18. The van der Waals surface area contributed by atoms with E-state index in [9.17, 15) is 22.0 Å². The van der Waals surface area contributed by atoms with E-state index in [1.54, 1.807) is 24.3 Å². The van der Waals surface area contributed by atoms with Gasteiger partial charge in [-0.05, 0) is 30.2 Å². The van der Waals surface area contributed by atoms with Crippen molar-refractivity contribution in [2.75, 3.05) is 31.1 Å². The molecule has 8 nitrogen and oxygen atoms in total. The highest BCUT2D eigenvalue weighted by molar-refractivity contribution is 7.88. The lowest BCUT2D eigenvalue weighted by Crippen LogP contribution is -2.49. The number of hydrogen-bond donors (Lipinski definition) is 0. The van der Waals surface area contributed by atoms with Crippen LogP contribution in [0.1, 0.15) is 16.7 Å². The number of aromatic nitrogens is 2. The van der Waals surface area contributed by atoms with Crippen LogP contribution in [0, 0.1) is 18.6 Å². The van der Waals surface area contributed by atoms with Crippen molar-refractivity contribution in [2.24, 2.45) is 0 Å². The Morgan fingerprint density at radius 2 is 1.55 bits per heavy atom. The molecule has 208 valence electrons. The molecule has 2 heterocycles. The van der Waals surface area contributed by atoms with Gasteiger partial charge in [-0.25, -0.2) is 17.2 Å². The van der Waals surface area contributed by atoms with Crippen LogP contribution in [0.3, 0.4) is 0 Å². The fourth-order valence-corrected chi connectivity index (χ4v) is 6.19. The number of anilines is 1. The topological polar surface area (TPSA) is 84.7 Å². The van der Waals surface area contributed by atoms with Crippen LogP contribution in [0.4, 0.5) is 14.5 Å². The van der Waals surface area contributed by atoms with Gasteiger partial charge in [-0.1, -0.05) is 60.2 Å². The van der Waals surface area contributed by atoms with Gasteiger partial charge in [0.2, 0.25) is 15.8 Å². The van der Waals surface area contributed by atoms with Crippen molar-refractivity contribution in [3.63, 3.8) is 0 Å². The predicted octanol–water partition coefficient (Wildman–Crippen LogP) is 4.05. The minimum atomic E-state index is -3.54. The molecule has 0 atom stereocenters. The first-order valence-electron chi connectivity index (χ1n) is 12.7. The molecule has 0 spiro atoms. The van der Waals surface area contributed by atoms with Crippen molar-refractivity contribution in [2.45, 2.75) is 19.3 Å².